The monoisotopic (exact) mass is 272 g/mol. The Balaban J connectivity index is 2.11. The SMILES string of the molecule is C/C=N/N(CCCCC#N)c1nc2ccccc2s1. The van der Waals surface area contributed by atoms with Crippen LogP contribution in [0.1, 0.15) is 26.2 Å². The highest BCUT2D eigenvalue weighted by Crippen LogP contribution is 2.28. The van der Waals surface area contributed by atoms with Gasteiger partial charge in [0, 0.05) is 19.2 Å². The highest BCUT2D eigenvalue weighted by atomic mass is 32.1. The lowest BCUT2D eigenvalue weighted by Crippen LogP contribution is -2.17. The van der Waals surface area contributed by atoms with Crippen LogP contribution in [0.5, 0.6) is 0 Å². The summed E-state index contributed by atoms with van der Waals surface area (Å²) in [5, 5.41) is 15.7. The van der Waals surface area contributed by atoms with Gasteiger partial charge in [-0.2, -0.15) is 10.4 Å². The maximum atomic E-state index is 8.54. The van der Waals surface area contributed by atoms with Gasteiger partial charge < -0.3 is 0 Å². The fourth-order valence-corrected chi connectivity index (χ4v) is 2.73. The third-order valence-electron chi connectivity index (χ3n) is 2.67. The Kier molecular flexibility index (Phi) is 4.87. The maximum absolute atomic E-state index is 8.54. The van der Waals surface area contributed by atoms with Gasteiger partial charge in [0.15, 0.2) is 0 Å². The number of anilines is 1. The topological polar surface area (TPSA) is 52.3 Å². The van der Waals surface area contributed by atoms with Crippen LogP contribution in [0.25, 0.3) is 10.2 Å². The van der Waals surface area contributed by atoms with Crippen molar-refractivity contribution < 1.29 is 0 Å². The second-order valence-corrected chi connectivity index (χ2v) is 5.09. The first-order chi connectivity index (χ1) is 9.35. The Morgan fingerprint density at radius 2 is 2.26 bits per heavy atom. The third-order valence-corrected chi connectivity index (χ3v) is 3.72. The van der Waals surface area contributed by atoms with Crippen LogP contribution in [0.15, 0.2) is 29.4 Å². The summed E-state index contributed by atoms with van der Waals surface area (Å²) in [5.74, 6) is 0. The van der Waals surface area contributed by atoms with E-state index in [0.29, 0.717) is 6.42 Å². The molecule has 0 aliphatic heterocycles. The van der Waals surface area contributed by atoms with E-state index in [4.69, 9.17) is 5.26 Å². The molecular formula is C14H16N4S. The van der Waals surface area contributed by atoms with Crippen LogP contribution in [0.3, 0.4) is 0 Å². The lowest BCUT2D eigenvalue weighted by Gasteiger charge is -2.14. The van der Waals surface area contributed by atoms with Crippen molar-refractivity contribution in [2.45, 2.75) is 26.2 Å². The zero-order chi connectivity index (χ0) is 13.5. The Bertz CT molecular complexity index is 564. The number of rotatable bonds is 6. The van der Waals surface area contributed by atoms with Gasteiger partial charge in [0.25, 0.3) is 0 Å². The lowest BCUT2D eigenvalue weighted by atomic mass is 10.2. The number of nitrogens with zero attached hydrogens (tertiary/aromatic N) is 4. The fourth-order valence-electron chi connectivity index (χ4n) is 1.78. The molecule has 5 heteroatoms. The molecule has 0 atom stereocenters. The molecule has 0 radical (unpaired) electrons. The summed E-state index contributed by atoms with van der Waals surface area (Å²) in [6, 6.07) is 10.3. The van der Waals surface area contributed by atoms with Gasteiger partial charge in [0.2, 0.25) is 5.13 Å². The smallest absolute Gasteiger partial charge is 0.207 e. The van der Waals surface area contributed by atoms with Crippen LogP contribution in [-0.4, -0.2) is 17.7 Å². The van der Waals surface area contributed by atoms with Crippen molar-refractivity contribution in [3.8, 4) is 6.07 Å². The average molecular weight is 272 g/mol. The van der Waals surface area contributed by atoms with Crippen LogP contribution >= 0.6 is 11.3 Å². The van der Waals surface area contributed by atoms with Gasteiger partial charge in [-0.3, -0.25) is 0 Å². The molecule has 2 aromatic rings. The number of para-hydroxylation sites is 1. The molecular weight excluding hydrogens is 256 g/mol. The van der Waals surface area contributed by atoms with Crippen molar-refractivity contribution >= 4 is 32.9 Å². The van der Waals surface area contributed by atoms with Crippen LogP contribution in [-0.2, 0) is 0 Å². The van der Waals surface area contributed by atoms with Crippen molar-refractivity contribution in [3.05, 3.63) is 24.3 Å². The molecule has 0 aliphatic carbocycles. The van der Waals surface area contributed by atoms with Crippen LogP contribution in [0.4, 0.5) is 5.13 Å². The molecule has 19 heavy (non-hydrogen) atoms. The summed E-state index contributed by atoms with van der Waals surface area (Å²) in [6.45, 7) is 2.70. The number of hydrogen-bond donors (Lipinski definition) is 0. The Hall–Kier alpha value is -1.93. The molecule has 1 aromatic heterocycles. The zero-order valence-electron chi connectivity index (χ0n) is 10.9. The minimum atomic E-state index is 0.601. The molecule has 1 aromatic carbocycles. The molecule has 0 N–H and O–H groups in total. The minimum absolute atomic E-state index is 0.601. The molecule has 1 heterocycles. The number of hydrogen-bond acceptors (Lipinski definition) is 5. The van der Waals surface area contributed by atoms with Crippen LogP contribution in [0.2, 0.25) is 0 Å². The number of aromatic nitrogens is 1. The minimum Gasteiger partial charge on any atom is -0.239 e. The number of unbranched alkanes of at least 4 members (excludes halogenated alkanes) is 2. The lowest BCUT2D eigenvalue weighted by molar-refractivity contribution is 0.713. The first-order valence-electron chi connectivity index (χ1n) is 6.34. The van der Waals surface area contributed by atoms with E-state index in [2.05, 4.69) is 22.2 Å². The van der Waals surface area contributed by atoms with Gasteiger partial charge in [-0.15, -0.1) is 0 Å². The van der Waals surface area contributed by atoms with Gasteiger partial charge in [0.1, 0.15) is 0 Å². The van der Waals surface area contributed by atoms with Crippen molar-refractivity contribution in [1.29, 1.82) is 5.26 Å². The molecule has 0 bridgehead atoms. The van der Waals surface area contributed by atoms with E-state index >= 15 is 0 Å². The standard InChI is InChI=1S/C14H16N4S/c1-2-16-18(11-7-3-6-10-15)14-17-12-8-4-5-9-13(12)19-14/h2,4-5,8-9H,3,6-7,11H2,1H3/b16-2+. The predicted molar refractivity (Wildman–Crippen MR) is 80.6 cm³/mol. The van der Waals surface area contributed by atoms with Crippen molar-refractivity contribution in [1.82, 2.24) is 4.98 Å². The van der Waals surface area contributed by atoms with E-state index in [0.717, 1.165) is 30.0 Å². The first kappa shape index (κ1) is 13.5. The number of hydrazone groups is 1. The number of nitriles is 1. The van der Waals surface area contributed by atoms with E-state index in [1.807, 2.05) is 30.1 Å². The quantitative estimate of drug-likeness (QED) is 0.456. The number of thiazole rings is 1. The summed E-state index contributed by atoms with van der Waals surface area (Å²) in [7, 11) is 0. The molecule has 0 spiro atoms. The van der Waals surface area contributed by atoms with E-state index in [1.165, 1.54) is 4.70 Å². The van der Waals surface area contributed by atoms with E-state index in [-0.39, 0.29) is 0 Å². The number of benzene rings is 1. The van der Waals surface area contributed by atoms with Gasteiger partial charge in [-0.1, -0.05) is 23.5 Å². The summed E-state index contributed by atoms with van der Waals surface area (Å²) in [5.41, 5.74) is 1.01. The molecule has 2 rings (SSSR count). The average Bonchev–Trinajstić information content (AvgIpc) is 2.86. The normalized spacial score (nSPS) is 10.9. The van der Waals surface area contributed by atoms with Crippen molar-refractivity contribution in [2.75, 3.05) is 11.6 Å². The summed E-state index contributed by atoms with van der Waals surface area (Å²) in [6.07, 6.45) is 4.22. The Labute approximate surface area is 117 Å². The summed E-state index contributed by atoms with van der Waals surface area (Å²) < 4.78 is 1.17. The Morgan fingerprint density at radius 3 is 3.00 bits per heavy atom. The summed E-state index contributed by atoms with van der Waals surface area (Å²) >= 11 is 1.65. The predicted octanol–water partition coefficient (Wildman–Crippen LogP) is 3.80. The molecule has 98 valence electrons. The molecule has 0 fully saturated rings. The molecule has 0 aliphatic rings. The van der Waals surface area contributed by atoms with Crippen molar-refractivity contribution in [3.63, 3.8) is 0 Å². The van der Waals surface area contributed by atoms with E-state index in [9.17, 15) is 0 Å². The molecule has 4 nitrogen and oxygen atoms in total. The molecule has 0 saturated carbocycles. The zero-order valence-corrected chi connectivity index (χ0v) is 11.7. The second-order valence-electron chi connectivity index (χ2n) is 4.08. The summed E-state index contributed by atoms with van der Waals surface area (Å²) in [4.78, 5) is 4.60. The highest BCUT2D eigenvalue weighted by Gasteiger charge is 2.10. The van der Waals surface area contributed by atoms with Gasteiger partial charge >= 0.3 is 0 Å². The van der Waals surface area contributed by atoms with E-state index in [1.54, 1.807) is 17.6 Å². The molecule has 0 unspecified atom stereocenters. The Morgan fingerprint density at radius 1 is 1.42 bits per heavy atom. The largest absolute Gasteiger partial charge is 0.239 e. The van der Waals surface area contributed by atoms with Crippen LogP contribution < -0.4 is 5.01 Å². The number of fused-ring (bicyclic) bond motifs is 1. The second kappa shape index (κ2) is 6.86. The van der Waals surface area contributed by atoms with Gasteiger partial charge in [-0.05, 0) is 31.9 Å². The van der Waals surface area contributed by atoms with Crippen LogP contribution in [0, 0.1) is 11.3 Å². The van der Waals surface area contributed by atoms with E-state index < -0.39 is 0 Å². The molecule has 0 saturated heterocycles. The fraction of sp³-hybridized carbons (Fsp3) is 0.357. The van der Waals surface area contributed by atoms with Gasteiger partial charge in [-0.25, -0.2) is 9.99 Å². The first-order valence-corrected chi connectivity index (χ1v) is 7.15. The van der Waals surface area contributed by atoms with Gasteiger partial charge in [0.05, 0.1) is 16.3 Å². The molecule has 0 amide bonds. The third kappa shape index (κ3) is 3.52. The highest BCUT2D eigenvalue weighted by molar-refractivity contribution is 7.22. The maximum Gasteiger partial charge on any atom is 0.207 e. The van der Waals surface area contributed by atoms with Crippen molar-refractivity contribution in [2.24, 2.45) is 5.10 Å².